The maximum absolute atomic E-state index is 12.9. The Bertz CT molecular complexity index is 1030. The van der Waals surface area contributed by atoms with E-state index in [2.05, 4.69) is 10.6 Å². The zero-order valence-corrected chi connectivity index (χ0v) is 17.9. The molecule has 0 aromatic heterocycles. The number of anilines is 1. The highest BCUT2D eigenvalue weighted by Gasteiger charge is 2.49. The third kappa shape index (κ3) is 4.91. The van der Waals surface area contributed by atoms with Crippen LogP contribution in [-0.2, 0) is 24.7 Å². The summed E-state index contributed by atoms with van der Waals surface area (Å²) in [6.07, 6.45) is 0. The van der Waals surface area contributed by atoms with E-state index in [9.17, 15) is 19.2 Å². The van der Waals surface area contributed by atoms with Crippen LogP contribution in [-0.4, -0.2) is 41.9 Å². The number of imide groups is 1. The molecule has 1 aliphatic rings. The highest BCUT2D eigenvalue weighted by Crippen LogP contribution is 2.28. The molecule has 31 heavy (non-hydrogen) atoms. The Morgan fingerprint density at radius 2 is 1.61 bits per heavy atom. The normalized spacial score (nSPS) is 18.0. The molecule has 0 radical (unpaired) electrons. The van der Waals surface area contributed by atoms with Crippen molar-refractivity contribution in [3.05, 3.63) is 64.7 Å². The van der Waals surface area contributed by atoms with Crippen LogP contribution in [0.25, 0.3) is 0 Å². The average molecular weight is 423 g/mol. The first-order valence-corrected chi connectivity index (χ1v) is 9.83. The lowest BCUT2D eigenvalue weighted by atomic mass is 9.91. The van der Waals surface area contributed by atoms with Crippen LogP contribution in [0.1, 0.15) is 29.2 Å². The summed E-state index contributed by atoms with van der Waals surface area (Å²) in [6.45, 7) is 6.21. The summed E-state index contributed by atoms with van der Waals surface area (Å²) < 4.78 is 4.96. The van der Waals surface area contributed by atoms with Crippen molar-refractivity contribution in [1.82, 2.24) is 10.2 Å². The first-order valence-electron chi connectivity index (χ1n) is 9.83. The second-order valence-corrected chi connectivity index (χ2v) is 7.90. The number of amides is 4. The van der Waals surface area contributed by atoms with Crippen molar-refractivity contribution in [3.63, 3.8) is 0 Å². The van der Waals surface area contributed by atoms with Gasteiger partial charge in [0.2, 0.25) is 0 Å². The molecule has 3 rings (SSSR count). The number of carbonyl (C=O) groups excluding carboxylic acids is 4. The number of carbonyl (C=O) groups is 4. The number of urea groups is 1. The Hall–Kier alpha value is -3.68. The number of ether oxygens (including phenoxy) is 1. The van der Waals surface area contributed by atoms with Crippen molar-refractivity contribution >= 4 is 29.5 Å². The largest absolute Gasteiger partial charge is 0.454 e. The van der Waals surface area contributed by atoms with Gasteiger partial charge in [0.25, 0.3) is 11.8 Å². The summed E-state index contributed by atoms with van der Waals surface area (Å²) in [5.74, 6) is -1.93. The monoisotopic (exact) mass is 423 g/mol. The van der Waals surface area contributed by atoms with E-state index in [4.69, 9.17) is 4.74 Å². The maximum Gasteiger partial charge on any atom is 0.326 e. The van der Waals surface area contributed by atoms with Crippen LogP contribution >= 0.6 is 0 Å². The van der Waals surface area contributed by atoms with E-state index in [0.717, 1.165) is 21.6 Å². The number of rotatable bonds is 6. The molecule has 2 aromatic carbocycles. The number of esters is 1. The molecule has 0 saturated carbocycles. The lowest BCUT2D eigenvalue weighted by molar-refractivity contribution is -0.150. The van der Waals surface area contributed by atoms with Gasteiger partial charge in [-0.3, -0.25) is 19.3 Å². The van der Waals surface area contributed by atoms with Crippen LogP contribution < -0.4 is 10.6 Å². The van der Waals surface area contributed by atoms with E-state index in [1.165, 1.54) is 0 Å². The molecule has 1 fully saturated rings. The smallest absolute Gasteiger partial charge is 0.326 e. The summed E-state index contributed by atoms with van der Waals surface area (Å²) in [5.41, 5.74) is 2.93. The van der Waals surface area contributed by atoms with Gasteiger partial charge in [0.1, 0.15) is 12.1 Å². The Morgan fingerprint density at radius 1 is 1.00 bits per heavy atom. The zero-order valence-electron chi connectivity index (χ0n) is 17.9. The van der Waals surface area contributed by atoms with Crippen LogP contribution in [0.2, 0.25) is 0 Å². The molecule has 4 amide bonds. The minimum absolute atomic E-state index is 0.514. The second kappa shape index (κ2) is 8.59. The molecule has 0 bridgehead atoms. The number of hydrogen-bond acceptors (Lipinski definition) is 5. The van der Waals surface area contributed by atoms with Crippen molar-refractivity contribution in [2.24, 2.45) is 0 Å². The number of nitrogens with zero attached hydrogens (tertiary/aromatic N) is 1. The fourth-order valence-corrected chi connectivity index (χ4v) is 3.49. The Labute approximate surface area is 180 Å². The van der Waals surface area contributed by atoms with Crippen molar-refractivity contribution in [3.8, 4) is 0 Å². The van der Waals surface area contributed by atoms with Crippen molar-refractivity contribution in [2.75, 3.05) is 18.5 Å². The molecule has 162 valence electrons. The average Bonchev–Trinajstić information content (AvgIpc) is 2.90. The van der Waals surface area contributed by atoms with Gasteiger partial charge in [-0.15, -0.1) is 0 Å². The van der Waals surface area contributed by atoms with Gasteiger partial charge in [-0.1, -0.05) is 35.9 Å². The molecule has 2 aromatic rings. The second-order valence-electron chi connectivity index (χ2n) is 7.90. The van der Waals surface area contributed by atoms with Gasteiger partial charge in [0.05, 0.1) is 0 Å². The van der Waals surface area contributed by atoms with Gasteiger partial charge in [-0.2, -0.15) is 0 Å². The lowest BCUT2D eigenvalue weighted by Gasteiger charge is -2.22. The molecule has 1 atom stereocenters. The standard InChI is InChI=1S/C23H25N3O5/c1-14-5-7-17(8-6-14)23(4)21(29)26(22(30)25-23)12-20(28)31-13-19(27)24-18-10-15(2)9-16(3)11-18/h5-11H,12-13H2,1-4H3,(H,24,27)(H,25,30)/t23-/m1/s1. The van der Waals surface area contributed by atoms with Crippen LogP contribution in [0.5, 0.6) is 0 Å². The number of nitrogens with one attached hydrogen (secondary N) is 2. The van der Waals surface area contributed by atoms with E-state index >= 15 is 0 Å². The quantitative estimate of drug-likeness (QED) is 0.549. The molecular weight excluding hydrogens is 398 g/mol. The van der Waals surface area contributed by atoms with Gasteiger partial charge in [0, 0.05) is 5.69 Å². The third-order valence-electron chi connectivity index (χ3n) is 5.06. The molecule has 2 N–H and O–H groups in total. The van der Waals surface area contributed by atoms with Crippen LogP contribution in [0.15, 0.2) is 42.5 Å². The first kappa shape index (κ1) is 22.0. The summed E-state index contributed by atoms with van der Waals surface area (Å²) in [4.78, 5) is 50.2. The zero-order chi connectivity index (χ0) is 22.8. The van der Waals surface area contributed by atoms with Gasteiger partial charge < -0.3 is 15.4 Å². The molecule has 8 heteroatoms. The summed E-state index contributed by atoms with van der Waals surface area (Å²) in [7, 11) is 0. The van der Waals surface area contributed by atoms with Gasteiger partial charge in [-0.25, -0.2) is 4.79 Å². The molecule has 1 aliphatic heterocycles. The Kier molecular flexibility index (Phi) is 6.10. The summed E-state index contributed by atoms with van der Waals surface area (Å²) in [5, 5.41) is 5.28. The van der Waals surface area contributed by atoms with E-state index < -0.39 is 42.5 Å². The Morgan fingerprint density at radius 3 is 2.23 bits per heavy atom. The van der Waals surface area contributed by atoms with E-state index in [0.29, 0.717) is 11.3 Å². The topological polar surface area (TPSA) is 105 Å². The Balaban J connectivity index is 1.57. The van der Waals surface area contributed by atoms with Crippen LogP contribution in [0.4, 0.5) is 10.5 Å². The van der Waals surface area contributed by atoms with Crippen LogP contribution in [0.3, 0.4) is 0 Å². The van der Waals surface area contributed by atoms with Gasteiger partial charge in [-0.05, 0) is 56.5 Å². The number of hydrogen-bond donors (Lipinski definition) is 2. The first-order chi connectivity index (χ1) is 14.6. The van der Waals surface area contributed by atoms with E-state index in [1.54, 1.807) is 31.2 Å². The fourth-order valence-electron chi connectivity index (χ4n) is 3.49. The van der Waals surface area contributed by atoms with E-state index in [1.807, 2.05) is 39.0 Å². The van der Waals surface area contributed by atoms with E-state index in [-0.39, 0.29) is 0 Å². The predicted octanol–water partition coefficient (Wildman–Crippen LogP) is 2.56. The van der Waals surface area contributed by atoms with Gasteiger partial charge >= 0.3 is 12.0 Å². The molecule has 1 heterocycles. The van der Waals surface area contributed by atoms with Crippen molar-refractivity contribution in [2.45, 2.75) is 33.2 Å². The number of aryl methyl sites for hydroxylation is 3. The fraction of sp³-hybridized carbons (Fsp3) is 0.304. The minimum atomic E-state index is -1.27. The lowest BCUT2D eigenvalue weighted by Crippen LogP contribution is -2.41. The molecule has 0 spiro atoms. The molecule has 8 nitrogen and oxygen atoms in total. The summed E-state index contributed by atoms with van der Waals surface area (Å²) >= 11 is 0. The van der Waals surface area contributed by atoms with Crippen LogP contribution in [0, 0.1) is 20.8 Å². The van der Waals surface area contributed by atoms with Gasteiger partial charge in [0.15, 0.2) is 6.61 Å². The van der Waals surface area contributed by atoms with Crippen molar-refractivity contribution in [1.29, 1.82) is 0 Å². The molecule has 1 saturated heterocycles. The van der Waals surface area contributed by atoms with Crippen molar-refractivity contribution < 1.29 is 23.9 Å². The molecule has 0 aliphatic carbocycles. The highest BCUT2D eigenvalue weighted by molar-refractivity contribution is 6.09. The third-order valence-corrected chi connectivity index (χ3v) is 5.06. The summed E-state index contributed by atoms with van der Waals surface area (Å²) in [6, 6.07) is 12.1. The predicted molar refractivity (Wildman–Crippen MR) is 114 cm³/mol. The molecular formula is C23H25N3O5. The maximum atomic E-state index is 12.9. The minimum Gasteiger partial charge on any atom is -0.454 e. The number of benzene rings is 2. The highest BCUT2D eigenvalue weighted by atomic mass is 16.5. The SMILES string of the molecule is Cc1ccc([C@@]2(C)NC(=O)N(CC(=O)OCC(=O)Nc3cc(C)cc(C)c3)C2=O)cc1. The molecule has 0 unspecified atom stereocenters.